The van der Waals surface area contributed by atoms with Gasteiger partial charge in [-0.05, 0) is 55.5 Å². The number of anilines is 2. The van der Waals surface area contributed by atoms with Crippen LogP contribution in [-0.2, 0) is 16.0 Å². The maximum absolute atomic E-state index is 12.6. The molecule has 0 aliphatic carbocycles. The van der Waals surface area contributed by atoms with Crippen molar-refractivity contribution in [3.63, 3.8) is 0 Å². The number of carbonyl (C=O) groups excluding carboxylic acids is 2. The smallest absolute Gasteiger partial charge is 0.316 e. The maximum atomic E-state index is 12.6. The lowest BCUT2D eigenvalue weighted by Crippen LogP contribution is -2.42. The molecule has 2 aromatic rings. The summed E-state index contributed by atoms with van der Waals surface area (Å²) in [4.78, 5) is 26.5. The fourth-order valence-corrected chi connectivity index (χ4v) is 2.91. The van der Waals surface area contributed by atoms with Crippen LogP contribution in [-0.4, -0.2) is 18.4 Å². The van der Waals surface area contributed by atoms with Gasteiger partial charge in [0.15, 0.2) is 0 Å². The van der Waals surface area contributed by atoms with Crippen molar-refractivity contribution in [3.8, 4) is 0 Å². The summed E-state index contributed by atoms with van der Waals surface area (Å²) in [5.41, 5.74) is 4.64. The number of para-hydroxylation sites is 1. The summed E-state index contributed by atoms with van der Waals surface area (Å²) in [6.45, 7) is 4.45. The number of benzene rings is 2. The van der Waals surface area contributed by atoms with Gasteiger partial charge in [-0.2, -0.15) is 0 Å². The highest BCUT2D eigenvalue weighted by Crippen LogP contribution is 2.27. The minimum atomic E-state index is -0.588. The molecule has 1 heterocycles. The molecule has 1 aliphatic heterocycles. The molecule has 0 bridgehead atoms. The van der Waals surface area contributed by atoms with E-state index in [9.17, 15) is 9.59 Å². The van der Waals surface area contributed by atoms with E-state index in [1.807, 2.05) is 56.3 Å². The van der Waals surface area contributed by atoms with Gasteiger partial charge in [0.2, 0.25) is 0 Å². The summed E-state index contributed by atoms with van der Waals surface area (Å²) in [5.74, 6) is -1.09. The molecule has 118 valence electrons. The van der Waals surface area contributed by atoms with E-state index in [2.05, 4.69) is 5.32 Å². The summed E-state index contributed by atoms with van der Waals surface area (Å²) < 4.78 is 0. The van der Waals surface area contributed by atoms with Crippen LogP contribution in [0.5, 0.6) is 0 Å². The van der Waals surface area contributed by atoms with E-state index in [1.54, 1.807) is 4.90 Å². The van der Waals surface area contributed by atoms with Crippen molar-refractivity contribution < 1.29 is 9.59 Å². The van der Waals surface area contributed by atoms with Crippen molar-refractivity contribution in [2.24, 2.45) is 0 Å². The fraction of sp³-hybridized carbons (Fsp3) is 0.263. The second-order valence-corrected chi connectivity index (χ2v) is 5.96. The molecule has 0 spiro atoms. The van der Waals surface area contributed by atoms with Crippen LogP contribution in [0.1, 0.15) is 23.1 Å². The molecule has 1 N–H and O–H groups in total. The molecule has 23 heavy (non-hydrogen) atoms. The van der Waals surface area contributed by atoms with Crippen LogP contribution in [0.2, 0.25) is 0 Å². The maximum Gasteiger partial charge on any atom is 0.316 e. The second-order valence-electron chi connectivity index (χ2n) is 5.96. The highest BCUT2D eigenvalue weighted by Gasteiger charge is 2.27. The topological polar surface area (TPSA) is 49.4 Å². The number of nitrogens with zero attached hydrogens (tertiary/aromatic N) is 1. The molecule has 0 radical (unpaired) electrons. The molecule has 1 aliphatic rings. The molecule has 0 atom stereocenters. The highest BCUT2D eigenvalue weighted by molar-refractivity contribution is 6.44. The van der Waals surface area contributed by atoms with Gasteiger partial charge in [-0.25, -0.2) is 0 Å². The van der Waals surface area contributed by atoms with Crippen molar-refractivity contribution in [2.45, 2.75) is 26.7 Å². The van der Waals surface area contributed by atoms with Gasteiger partial charge in [0.1, 0.15) is 0 Å². The lowest BCUT2D eigenvalue weighted by molar-refractivity contribution is -0.134. The zero-order chi connectivity index (χ0) is 16.4. The van der Waals surface area contributed by atoms with E-state index >= 15 is 0 Å². The molecule has 4 nitrogen and oxygen atoms in total. The third kappa shape index (κ3) is 3.11. The minimum Gasteiger partial charge on any atom is -0.318 e. The third-order valence-electron chi connectivity index (χ3n) is 4.19. The summed E-state index contributed by atoms with van der Waals surface area (Å²) in [5, 5.41) is 2.75. The first-order valence-corrected chi connectivity index (χ1v) is 7.84. The Morgan fingerprint density at radius 3 is 2.70 bits per heavy atom. The number of hydrogen-bond donors (Lipinski definition) is 1. The molecule has 2 amide bonds. The van der Waals surface area contributed by atoms with Gasteiger partial charge >= 0.3 is 11.8 Å². The molecular formula is C19H20N2O2. The molecule has 0 saturated heterocycles. The molecule has 3 rings (SSSR count). The van der Waals surface area contributed by atoms with Crippen LogP contribution in [0.15, 0.2) is 42.5 Å². The largest absolute Gasteiger partial charge is 0.318 e. The number of fused-ring (bicyclic) bond motifs is 1. The first-order valence-electron chi connectivity index (χ1n) is 7.84. The Labute approximate surface area is 136 Å². The first-order chi connectivity index (χ1) is 11.1. The van der Waals surface area contributed by atoms with E-state index in [4.69, 9.17) is 0 Å². The van der Waals surface area contributed by atoms with Gasteiger partial charge in [0.05, 0.1) is 0 Å². The molecular weight excluding hydrogens is 288 g/mol. The third-order valence-corrected chi connectivity index (χ3v) is 4.19. The lowest BCUT2D eigenvalue weighted by atomic mass is 10.0. The summed E-state index contributed by atoms with van der Waals surface area (Å²) >= 11 is 0. The molecule has 2 aromatic carbocycles. The van der Waals surface area contributed by atoms with E-state index < -0.39 is 11.8 Å². The van der Waals surface area contributed by atoms with E-state index in [1.165, 1.54) is 0 Å². The number of nitrogens with one attached hydrogen (secondary N) is 1. The average Bonchev–Trinajstić information content (AvgIpc) is 2.57. The first kappa shape index (κ1) is 15.3. The SMILES string of the molecule is Cc1ccc(C)c(NC(=O)C(=O)N2CCCc3ccccc32)c1. The Hall–Kier alpha value is -2.62. The Morgan fingerprint density at radius 1 is 1.09 bits per heavy atom. The van der Waals surface area contributed by atoms with Crippen LogP contribution >= 0.6 is 0 Å². The Balaban J connectivity index is 1.81. The molecule has 0 unspecified atom stereocenters. The van der Waals surface area contributed by atoms with Crippen LogP contribution in [0.3, 0.4) is 0 Å². The van der Waals surface area contributed by atoms with Crippen molar-refractivity contribution in [2.75, 3.05) is 16.8 Å². The van der Waals surface area contributed by atoms with Gasteiger partial charge in [-0.1, -0.05) is 30.3 Å². The van der Waals surface area contributed by atoms with E-state index in [0.29, 0.717) is 12.2 Å². The van der Waals surface area contributed by atoms with Crippen LogP contribution in [0.4, 0.5) is 11.4 Å². The summed E-state index contributed by atoms with van der Waals surface area (Å²) in [6.07, 6.45) is 1.82. The van der Waals surface area contributed by atoms with Crippen LogP contribution in [0.25, 0.3) is 0 Å². The predicted molar refractivity (Wildman–Crippen MR) is 91.7 cm³/mol. The Bertz CT molecular complexity index is 768. The number of amides is 2. The number of hydrogen-bond acceptors (Lipinski definition) is 2. The van der Waals surface area contributed by atoms with Crippen molar-refractivity contribution in [1.29, 1.82) is 0 Å². The number of rotatable bonds is 1. The van der Waals surface area contributed by atoms with Crippen molar-refractivity contribution in [3.05, 3.63) is 59.2 Å². The van der Waals surface area contributed by atoms with Gasteiger partial charge in [0, 0.05) is 17.9 Å². The van der Waals surface area contributed by atoms with Gasteiger partial charge in [-0.15, -0.1) is 0 Å². The fourth-order valence-electron chi connectivity index (χ4n) is 2.91. The minimum absolute atomic E-state index is 0.502. The van der Waals surface area contributed by atoms with E-state index in [0.717, 1.165) is 35.2 Å². The van der Waals surface area contributed by atoms with E-state index in [-0.39, 0.29) is 0 Å². The molecule has 0 fully saturated rings. The Morgan fingerprint density at radius 2 is 1.87 bits per heavy atom. The normalized spacial score (nSPS) is 13.4. The van der Waals surface area contributed by atoms with Crippen molar-refractivity contribution >= 4 is 23.2 Å². The van der Waals surface area contributed by atoms with Crippen LogP contribution in [0, 0.1) is 13.8 Å². The quantitative estimate of drug-likeness (QED) is 0.822. The molecule has 0 saturated carbocycles. The predicted octanol–water partition coefficient (Wildman–Crippen LogP) is 3.22. The zero-order valence-electron chi connectivity index (χ0n) is 13.4. The van der Waals surface area contributed by atoms with Crippen molar-refractivity contribution in [1.82, 2.24) is 0 Å². The van der Waals surface area contributed by atoms with Crippen LogP contribution < -0.4 is 10.2 Å². The van der Waals surface area contributed by atoms with Gasteiger partial charge in [-0.3, -0.25) is 9.59 Å². The summed E-state index contributed by atoms with van der Waals surface area (Å²) in [6, 6.07) is 13.6. The average molecular weight is 308 g/mol. The molecule has 0 aromatic heterocycles. The second kappa shape index (κ2) is 6.24. The van der Waals surface area contributed by atoms with Gasteiger partial charge < -0.3 is 10.2 Å². The number of carbonyl (C=O) groups is 2. The molecule has 4 heteroatoms. The number of aryl methyl sites for hydroxylation is 3. The summed E-state index contributed by atoms with van der Waals surface area (Å²) in [7, 11) is 0. The lowest BCUT2D eigenvalue weighted by Gasteiger charge is -2.28. The van der Waals surface area contributed by atoms with Gasteiger partial charge in [0.25, 0.3) is 0 Å². The zero-order valence-corrected chi connectivity index (χ0v) is 13.4. The standard InChI is InChI=1S/C19H20N2O2/c1-13-9-10-14(2)16(12-13)20-18(22)19(23)21-11-5-7-15-6-3-4-8-17(15)21/h3-4,6,8-10,12H,5,7,11H2,1-2H3,(H,20,22). The Kier molecular flexibility index (Phi) is 4.15. The monoisotopic (exact) mass is 308 g/mol. The highest BCUT2D eigenvalue weighted by atomic mass is 16.2.